The molecule has 0 radical (unpaired) electrons. The molecule has 0 aromatic rings. The molecule has 1 aliphatic rings. The Balaban J connectivity index is 2.18. The van der Waals surface area contributed by atoms with Crippen LogP contribution in [0, 0.1) is 0 Å². The molecule has 0 aromatic heterocycles. The van der Waals surface area contributed by atoms with Crippen LogP contribution in [-0.4, -0.2) is 24.0 Å². The normalized spacial score (nSPS) is 19.1. The van der Waals surface area contributed by atoms with E-state index in [1.165, 1.54) is 0 Å². The molecule has 0 aromatic carbocycles. The van der Waals surface area contributed by atoms with Crippen molar-refractivity contribution in [1.29, 1.82) is 0 Å². The highest BCUT2D eigenvalue weighted by atomic mass is 19.1. The van der Waals surface area contributed by atoms with Gasteiger partial charge < -0.3 is 5.32 Å². The Bertz CT molecular complexity index is 223. The molecule has 0 aliphatic heterocycles. The van der Waals surface area contributed by atoms with Gasteiger partial charge in [-0.2, -0.15) is 5.10 Å². The molecular formula is C8H14FN3O. The summed E-state index contributed by atoms with van der Waals surface area (Å²) in [7, 11) is 0. The average molecular weight is 187 g/mol. The SMILES string of the molecule is CC(C)NC(=O)N/N=C/C1(F)CC1. The first-order valence-electron chi connectivity index (χ1n) is 4.31. The van der Waals surface area contributed by atoms with E-state index in [1.54, 1.807) is 0 Å². The average Bonchev–Trinajstić information content (AvgIpc) is 2.66. The smallest absolute Gasteiger partial charge is 0.335 e. The van der Waals surface area contributed by atoms with Crippen molar-refractivity contribution in [1.82, 2.24) is 10.7 Å². The monoisotopic (exact) mass is 187 g/mol. The fraction of sp³-hybridized carbons (Fsp3) is 0.750. The van der Waals surface area contributed by atoms with Crippen molar-refractivity contribution >= 4 is 12.2 Å². The maximum Gasteiger partial charge on any atom is 0.335 e. The summed E-state index contributed by atoms with van der Waals surface area (Å²) < 4.78 is 12.9. The van der Waals surface area contributed by atoms with Gasteiger partial charge in [0.1, 0.15) is 5.67 Å². The van der Waals surface area contributed by atoms with Crippen LogP contribution in [-0.2, 0) is 0 Å². The molecule has 0 heterocycles. The number of hydrogen-bond acceptors (Lipinski definition) is 2. The van der Waals surface area contributed by atoms with E-state index in [0.29, 0.717) is 12.8 Å². The van der Waals surface area contributed by atoms with E-state index in [1.807, 2.05) is 13.8 Å². The lowest BCUT2D eigenvalue weighted by molar-refractivity contribution is 0.239. The van der Waals surface area contributed by atoms with Crippen LogP contribution in [0.1, 0.15) is 26.7 Å². The van der Waals surface area contributed by atoms with Crippen LogP contribution in [0.25, 0.3) is 0 Å². The van der Waals surface area contributed by atoms with Crippen LogP contribution in [0.5, 0.6) is 0 Å². The molecule has 5 heteroatoms. The van der Waals surface area contributed by atoms with Gasteiger partial charge in [-0.25, -0.2) is 14.6 Å². The third-order valence-electron chi connectivity index (χ3n) is 1.61. The summed E-state index contributed by atoms with van der Waals surface area (Å²) >= 11 is 0. The Morgan fingerprint density at radius 3 is 2.69 bits per heavy atom. The number of urea groups is 1. The maximum atomic E-state index is 12.9. The molecule has 0 spiro atoms. The lowest BCUT2D eigenvalue weighted by Crippen LogP contribution is -2.37. The van der Waals surface area contributed by atoms with Crippen molar-refractivity contribution in [3.8, 4) is 0 Å². The molecule has 1 rings (SSSR count). The molecule has 2 amide bonds. The number of nitrogens with zero attached hydrogens (tertiary/aromatic N) is 1. The third kappa shape index (κ3) is 3.87. The fourth-order valence-electron chi connectivity index (χ4n) is 0.750. The first-order chi connectivity index (χ1) is 6.02. The minimum Gasteiger partial charge on any atom is -0.335 e. The van der Waals surface area contributed by atoms with Crippen LogP contribution >= 0.6 is 0 Å². The molecule has 0 unspecified atom stereocenters. The highest BCUT2D eigenvalue weighted by Crippen LogP contribution is 2.37. The van der Waals surface area contributed by atoms with Crippen molar-refractivity contribution in [3.05, 3.63) is 0 Å². The number of carbonyl (C=O) groups is 1. The van der Waals surface area contributed by atoms with E-state index in [-0.39, 0.29) is 6.04 Å². The van der Waals surface area contributed by atoms with Gasteiger partial charge in [0.15, 0.2) is 0 Å². The molecule has 4 nitrogen and oxygen atoms in total. The summed E-state index contributed by atoms with van der Waals surface area (Å²) in [5.74, 6) is 0. The van der Waals surface area contributed by atoms with E-state index in [4.69, 9.17) is 0 Å². The molecule has 1 fully saturated rings. The zero-order chi connectivity index (χ0) is 9.90. The predicted molar refractivity (Wildman–Crippen MR) is 48.4 cm³/mol. The molecule has 0 bridgehead atoms. The second-order valence-corrected chi connectivity index (χ2v) is 3.53. The van der Waals surface area contributed by atoms with Gasteiger partial charge in [-0.05, 0) is 26.7 Å². The highest BCUT2D eigenvalue weighted by Gasteiger charge is 2.41. The molecule has 0 saturated heterocycles. The zero-order valence-electron chi connectivity index (χ0n) is 7.80. The van der Waals surface area contributed by atoms with E-state index in [2.05, 4.69) is 15.8 Å². The van der Waals surface area contributed by atoms with E-state index in [0.717, 1.165) is 6.21 Å². The number of nitrogens with one attached hydrogen (secondary N) is 2. The summed E-state index contributed by atoms with van der Waals surface area (Å²) in [6.07, 6.45) is 2.15. The van der Waals surface area contributed by atoms with Crippen LogP contribution < -0.4 is 10.7 Å². The van der Waals surface area contributed by atoms with Gasteiger partial charge in [-0.1, -0.05) is 0 Å². The van der Waals surface area contributed by atoms with Gasteiger partial charge in [-0.3, -0.25) is 0 Å². The van der Waals surface area contributed by atoms with Gasteiger partial charge in [0.25, 0.3) is 0 Å². The van der Waals surface area contributed by atoms with Gasteiger partial charge in [-0.15, -0.1) is 0 Å². The highest BCUT2D eigenvalue weighted by molar-refractivity contribution is 5.77. The number of hydrogen-bond donors (Lipinski definition) is 2. The van der Waals surface area contributed by atoms with Crippen LogP contribution in [0.2, 0.25) is 0 Å². The Hall–Kier alpha value is -1.13. The van der Waals surface area contributed by atoms with Gasteiger partial charge in [0.2, 0.25) is 0 Å². The summed E-state index contributed by atoms with van der Waals surface area (Å²) in [4.78, 5) is 10.9. The summed E-state index contributed by atoms with van der Waals surface area (Å²) in [6.45, 7) is 3.67. The minimum absolute atomic E-state index is 0.0514. The Morgan fingerprint density at radius 1 is 1.62 bits per heavy atom. The number of carbonyl (C=O) groups excluding carboxylic acids is 1. The van der Waals surface area contributed by atoms with Gasteiger partial charge in [0.05, 0.1) is 6.21 Å². The Kier molecular flexibility index (Phi) is 2.85. The first kappa shape index (κ1) is 9.95. The van der Waals surface area contributed by atoms with Crippen molar-refractivity contribution in [2.75, 3.05) is 0 Å². The summed E-state index contributed by atoms with van der Waals surface area (Å²) in [5, 5.41) is 6.06. The standard InChI is InChI=1S/C8H14FN3O/c1-6(2)11-7(13)12-10-5-8(9)3-4-8/h5-6H,3-4H2,1-2H3,(H2,11,12,13)/b10-5+. The van der Waals surface area contributed by atoms with Crippen LogP contribution in [0.15, 0.2) is 5.10 Å². The molecule has 0 atom stereocenters. The summed E-state index contributed by atoms with van der Waals surface area (Å²) in [6, 6.07) is -0.356. The molecule has 2 N–H and O–H groups in total. The molecule has 1 saturated carbocycles. The number of hydrazone groups is 1. The topological polar surface area (TPSA) is 53.5 Å². The van der Waals surface area contributed by atoms with Crippen LogP contribution in [0.3, 0.4) is 0 Å². The van der Waals surface area contributed by atoms with E-state index >= 15 is 0 Å². The third-order valence-corrected chi connectivity index (χ3v) is 1.61. The van der Waals surface area contributed by atoms with E-state index < -0.39 is 11.7 Å². The zero-order valence-corrected chi connectivity index (χ0v) is 7.80. The van der Waals surface area contributed by atoms with Crippen molar-refractivity contribution in [3.63, 3.8) is 0 Å². The number of rotatable bonds is 3. The second-order valence-electron chi connectivity index (χ2n) is 3.53. The van der Waals surface area contributed by atoms with Crippen molar-refractivity contribution in [2.24, 2.45) is 5.10 Å². The van der Waals surface area contributed by atoms with Crippen LogP contribution in [0.4, 0.5) is 9.18 Å². The molecule has 74 valence electrons. The number of amides is 2. The Labute approximate surface area is 76.6 Å². The fourth-order valence-corrected chi connectivity index (χ4v) is 0.750. The van der Waals surface area contributed by atoms with E-state index in [9.17, 15) is 9.18 Å². The lowest BCUT2D eigenvalue weighted by Gasteiger charge is -2.06. The molecule has 1 aliphatic carbocycles. The minimum atomic E-state index is -1.26. The largest absolute Gasteiger partial charge is 0.335 e. The molecular weight excluding hydrogens is 173 g/mol. The lowest BCUT2D eigenvalue weighted by atomic mass is 10.4. The Morgan fingerprint density at radius 2 is 2.23 bits per heavy atom. The van der Waals surface area contributed by atoms with Gasteiger partial charge in [0, 0.05) is 6.04 Å². The maximum absolute atomic E-state index is 12.9. The first-order valence-corrected chi connectivity index (χ1v) is 4.31. The van der Waals surface area contributed by atoms with Gasteiger partial charge >= 0.3 is 6.03 Å². The number of alkyl halides is 1. The molecule has 13 heavy (non-hydrogen) atoms. The quantitative estimate of drug-likeness (QED) is 0.506. The van der Waals surface area contributed by atoms with Crippen molar-refractivity contribution < 1.29 is 9.18 Å². The predicted octanol–water partition coefficient (Wildman–Crippen LogP) is 1.18. The van der Waals surface area contributed by atoms with Crippen molar-refractivity contribution in [2.45, 2.75) is 38.4 Å². The second kappa shape index (κ2) is 3.72. The number of halogens is 1. The summed E-state index contributed by atoms with van der Waals surface area (Å²) in [5.41, 5.74) is 0.931.